The van der Waals surface area contributed by atoms with Crippen molar-refractivity contribution in [1.82, 2.24) is 9.80 Å². The highest BCUT2D eigenvalue weighted by atomic mass is 16.3. The number of likely N-dealkylation sites (tertiary alicyclic amines) is 2. The summed E-state index contributed by atoms with van der Waals surface area (Å²) in [5, 5.41) is 11.9. The van der Waals surface area contributed by atoms with Gasteiger partial charge in [-0.05, 0) is 55.1 Å². The molecule has 33 heavy (non-hydrogen) atoms. The standard InChI is InChI=1S/C29H32N2O2/c32-28(25-12-6-2-7-13-25)31-21-27(29(33,22-31)26-14-8-3-9-15-26)20-30-18-16-24(17-19-30)23-10-4-1-5-11-23/h1-15,24,27,33H,16-22H2. The Kier molecular flexibility index (Phi) is 6.30. The second-order valence-corrected chi connectivity index (χ2v) is 9.52. The number of benzene rings is 3. The Hall–Kier alpha value is -2.95. The average molecular weight is 441 g/mol. The maximum atomic E-state index is 13.2. The van der Waals surface area contributed by atoms with E-state index < -0.39 is 5.60 Å². The quantitative estimate of drug-likeness (QED) is 0.634. The van der Waals surface area contributed by atoms with Gasteiger partial charge in [-0.25, -0.2) is 0 Å². The maximum absolute atomic E-state index is 13.2. The molecule has 4 nitrogen and oxygen atoms in total. The molecule has 0 aliphatic carbocycles. The van der Waals surface area contributed by atoms with Gasteiger partial charge in [-0.2, -0.15) is 0 Å². The van der Waals surface area contributed by atoms with E-state index in [0.717, 1.165) is 38.0 Å². The van der Waals surface area contributed by atoms with E-state index in [2.05, 4.69) is 35.2 Å². The van der Waals surface area contributed by atoms with Crippen LogP contribution in [0.15, 0.2) is 91.0 Å². The molecule has 2 fully saturated rings. The summed E-state index contributed by atoms with van der Waals surface area (Å²) >= 11 is 0. The first kappa shape index (κ1) is 21.9. The highest BCUT2D eigenvalue weighted by Gasteiger charge is 2.48. The predicted molar refractivity (Wildman–Crippen MR) is 131 cm³/mol. The molecule has 2 unspecified atom stereocenters. The molecule has 170 valence electrons. The van der Waals surface area contributed by atoms with Crippen LogP contribution in [-0.2, 0) is 5.60 Å². The molecule has 2 atom stereocenters. The lowest BCUT2D eigenvalue weighted by Crippen LogP contribution is -2.44. The number of piperidine rings is 1. The molecular formula is C29H32N2O2. The number of hydrogen-bond acceptors (Lipinski definition) is 3. The minimum atomic E-state index is -1.04. The molecule has 0 aromatic heterocycles. The number of hydrogen-bond donors (Lipinski definition) is 1. The molecule has 0 spiro atoms. The molecule has 0 bridgehead atoms. The summed E-state index contributed by atoms with van der Waals surface area (Å²) in [6, 6.07) is 30.1. The number of nitrogens with zero attached hydrogens (tertiary/aromatic N) is 2. The normalized spacial score (nSPS) is 24.2. The van der Waals surface area contributed by atoms with Gasteiger partial charge in [0.25, 0.3) is 5.91 Å². The Labute approximate surface area is 196 Å². The van der Waals surface area contributed by atoms with Crippen LogP contribution in [0.5, 0.6) is 0 Å². The van der Waals surface area contributed by atoms with E-state index in [1.807, 2.05) is 65.6 Å². The zero-order valence-electron chi connectivity index (χ0n) is 19.0. The van der Waals surface area contributed by atoms with Gasteiger partial charge >= 0.3 is 0 Å². The molecule has 3 aromatic carbocycles. The lowest BCUT2D eigenvalue weighted by atomic mass is 9.83. The van der Waals surface area contributed by atoms with Crippen LogP contribution >= 0.6 is 0 Å². The molecule has 2 aliphatic rings. The van der Waals surface area contributed by atoms with E-state index >= 15 is 0 Å². The van der Waals surface area contributed by atoms with Crippen LogP contribution in [0.4, 0.5) is 0 Å². The summed E-state index contributed by atoms with van der Waals surface area (Å²) in [6.45, 7) is 3.74. The van der Waals surface area contributed by atoms with Crippen molar-refractivity contribution in [2.75, 3.05) is 32.7 Å². The van der Waals surface area contributed by atoms with Crippen molar-refractivity contribution in [3.8, 4) is 0 Å². The molecule has 4 heteroatoms. The monoisotopic (exact) mass is 440 g/mol. The number of carbonyl (C=O) groups excluding carboxylic acids is 1. The van der Waals surface area contributed by atoms with Crippen molar-refractivity contribution in [3.05, 3.63) is 108 Å². The van der Waals surface area contributed by atoms with Gasteiger partial charge in [-0.15, -0.1) is 0 Å². The molecular weight excluding hydrogens is 408 g/mol. The third-order valence-electron chi connectivity index (χ3n) is 7.47. The fraction of sp³-hybridized carbons (Fsp3) is 0.345. The summed E-state index contributed by atoms with van der Waals surface area (Å²) in [5.41, 5.74) is 1.97. The van der Waals surface area contributed by atoms with E-state index in [-0.39, 0.29) is 11.8 Å². The molecule has 3 aromatic rings. The molecule has 5 rings (SSSR count). The lowest BCUT2D eigenvalue weighted by molar-refractivity contribution is -0.00737. The number of aliphatic hydroxyl groups is 1. The van der Waals surface area contributed by atoms with Crippen molar-refractivity contribution >= 4 is 5.91 Å². The van der Waals surface area contributed by atoms with Gasteiger partial charge in [-0.3, -0.25) is 4.79 Å². The summed E-state index contributed by atoms with van der Waals surface area (Å²) in [6.07, 6.45) is 2.26. The van der Waals surface area contributed by atoms with Gasteiger partial charge in [-0.1, -0.05) is 78.9 Å². The van der Waals surface area contributed by atoms with Crippen LogP contribution in [0.3, 0.4) is 0 Å². The van der Waals surface area contributed by atoms with E-state index in [9.17, 15) is 9.90 Å². The molecule has 0 radical (unpaired) electrons. The van der Waals surface area contributed by atoms with Crippen LogP contribution in [-0.4, -0.2) is 53.5 Å². The van der Waals surface area contributed by atoms with Crippen LogP contribution in [0, 0.1) is 5.92 Å². The molecule has 2 aliphatic heterocycles. The van der Waals surface area contributed by atoms with Gasteiger partial charge in [0.1, 0.15) is 5.60 Å². The van der Waals surface area contributed by atoms with Gasteiger partial charge in [0, 0.05) is 24.6 Å². The first-order chi connectivity index (χ1) is 16.1. The second-order valence-electron chi connectivity index (χ2n) is 9.52. The van der Waals surface area contributed by atoms with Gasteiger partial charge in [0.2, 0.25) is 0 Å². The van der Waals surface area contributed by atoms with Crippen LogP contribution in [0.2, 0.25) is 0 Å². The summed E-state index contributed by atoms with van der Waals surface area (Å²) in [4.78, 5) is 17.5. The minimum absolute atomic E-state index is 0.00441. The van der Waals surface area contributed by atoms with Crippen molar-refractivity contribution in [2.45, 2.75) is 24.4 Å². The first-order valence-electron chi connectivity index (χ1n) is 12.0. The third kappa shape index (κ3) is 4.59. The summed E-state index contributed by atoms with van der Waals surface area (Å²) in [7, 11) is 0. The zero-order valence-corrected chi connectivity index (χ0v) is 19.0. The second kappa shape index (κ2) is 9.50. The van der Waals surface area contributed by atoms with Crippen LogP contribution < -0.4 is 0 Å². The van der Waals surface area contributed by atoms with Gasteiger partial charge in [0.15, 0.2) is 0 Å². The smallest absolute Gasteiger partial charge is 0.253 e. The van der Waals surface area contributed by atoms with Crippen molar-refractivity contribution in [3.63, 3.8) is 0 Å². The largest absolute Gasteiger partial charge is 0.383 e. The molecule has 2 heterocycles. The minimum Gasteiger partial charge on any atom is -0.383 e. The van der Waals surface area contributed by atoms with E-state index in [1.54, 1.807) is 0 Å². The topological polar surface area (TPSA) is 43.8 Å². The Balaban J connectivity index is 1.32. The fourth-order valence-corrected chi connectivity index (χ4v) is 5.57. The Bertz CT molecular complexity index is 1050. The predicted octanol–water partition coefficient (Wildman–Crippen LogP) is 4.53. The number of amides is 1. The SMILES string of the molecule is O=C(c1ccccc1)N1CC(CN2CCC(c3ccccc3)CC2)C(O)(c2ccccc2)C1. The first-order valence-corrected chi connectivity index (χ1v) is 12.0. The highest BCUT2D eigenvalue weighted by molar-refractivity contribution is 5.94. The van der Waals surface area contributed by atoms with Crippen molar-refractivity contribution in [2.24, 2.45) is 5.92 Å². The Morgan fingerprint density at radius 2 is 1.42 bits per heavy atom. The highest BCUT2D eigenvalue weighted by Crippen LogP contribution is 2.39. The van der Waals surface area contributed by atoms with E-state index in [1.165, 1.54) is 5.56 Å². The summed E-state index contributed by atoms with van der Waals surface area (Å²) in [5.74, 6) is 0.575. The van der Waals surface area contributed by atoms with Gasteiger partial charge < -0.3 is 14.9 Å². The zero-order chi connectivity index (χ0) is 22.7. The molecule has 1 N–H and O–H groups in total. The number of rotatable bonds is 5. The molecule has 0 saturated carbocycles. The maximum Gasteiger partial charge on any atom is 0.253 e. The van der Waals surface area contributed by atoms with Crippen molar-refractivity contribution in [1.29, 1.82) is 0 Å². The summed E-state index contributed by atoms with van der Waals surface area (Å²) < 4.78 is 0. The van der Waals surface area contributed by atoms with E-state index in [4.69, 9.17) is 0 Å². The average Bonchev–Trinajstić information content (AvgIpc) is 3.22. The van der Waals surface area contributed by atoms with E-state index in [0.29, 0.717) is 24.6 Å². The van der Waals surface area contributed by atoms with Crippen LogP contribution in [0.25, 0.3) is 0 Å². The Morgan fingerprint density at radius 3 is 2.06 bits per heavy atom. The molecule has 1 amide bonds. The third-order valence-corrected chi connectivity index (χ3v) is 7.47. The molecule has 2 saturated heterocycles. The van der Waals surface area contributed by atoms with Crippen molar-refractivity contribution < 1.29 is 9.90 Å². The number of carbonyl (C=O) groups is 1. The van der Waals surface area contributed by atoms with Gasteiger partial charge in [0.05, 0.1) is 6.54 Å². The van der Waals surface area contributed by atoms with Crippen LogP contribution in [0.1, 0.15) is 40.2 Å². The lowest BCUT2D eigenvalue weighted by Gasteiger charge is -2.37. The Morgan fingerprint density at radius 1 is 0.848 bits per heavy atom. The fourth-order valence-electron chi connectivity index (χ4n) is 5.57. The number of β-amino-alcohol motifs (C(OH)–C–C–N with tert-alkyl or cyclic N) is 1.